The third-order valence-electron chi connectivity index (χ3n) is 2.06. The normalized spacial score (nSPS) is 29.4. The maximum Gasteiger partial charge on any atom is 0.288 e. The van der Waals surface area contributed by atoms with E-state index in [0.717, 1.165) is 19.1 Å². The van der Waals surface area contributed by atoms with Gasteiger partial charge in [-0.05, 0) is 12.8 Å². The maximum absolute atomic E-state index is 10.0. The molecular formula is C11H15NO4. The van der Waals surface area contributed by atoms with Gasteiger partial charge in [-0.1, -0.05) is 12.2 Å². The molecule has 1 rings (SSSR count). The standard InChI is InChI=1S/C11H15NO4/c1-11(9-12)14-10(15-16-11)7-5-3-2-4-6-8-13/h2-3,8,10H,4-7H2,1H3/b3-2-. The van der Waals surface area contributed by atoms with E-state index in [-0.39, 0.29) is 0 Å². The van der Waals surface area contributed by atoms with Crippen molar-refractivity contribution in [2.45, 2.75) is 44.7 Å². The second-order valence-electron chi connectivity index (χ2n) is 3.58. The van der Waals surface area contributed by atoms with Crippen molar-refractivity contribution in [3.05, 3.63) is 12.2 Å². The molecule has 0 aromatic rings. The molecule has 0 amide bonds. The molecule has 2 unspecified atom stereocenters. The smallest absolute Gasteiger partial charge is 0.288 e. The summed E-state index contributed by atoms with van der Waals surface area (Å²) in [7, 11) is 0. The molecule has 5 nitrogen and oxygen atoms in total. The Morgan fingerprint density at radius 1 is 1.38 bits per heavy atom. The first-order valence-corrected chi connectivity index (χ1v) is 5.22. The number of nitrogens with zero attached hydrogens (tertiary/aromatic N) is 1. The van der Waals surface area contributed by atoms with Crippen molar-refractivity contribution in [3.63, 3.8) is 0 Å². The van der Waals surface area contributed by atoms with Crippen molar-refractivity contribution >= 4 is 6.29 Å². The van der Waals surface area contributed by atoms with Crippen molar-refractivity contribution in [2.75, 3.05) is 0 Å². The molecule has 1 aliphatic rings. The summed E-state index contributed by atoms with van der Waals surface area (Å²) in [5.41, 5.74) is 0. The highest BCUT2D eigenvalue weighted by molar-refractivity contribution is 5.49. The van der Waals surface area contributed by atoms with Gasteiger partial charge in [0.2, 0.25) is 0 Å². The summed E-state index contributed by atoms with van der Waals surface area (Å²) in [6.07, 6.45) is 6.96. The first-order chi connectivity index (χ1) is 7.70. The maximum atomic E-state index is 10.0. The minimum absolute atomic E-state index is 0.500. The number of hydrogen-bond acceptors (Lipinski definition) is 5. The summed E-state index contributed by atoms with van der Waals surface area (Å²) in [6.45, 7) is 1.51. The van der Waals surface area contributed by atoms with Gasteiger partial charge in [-0.2, -0.15) is 10.1 Å². The lowest BCUT2D eigenvalue weighted by Crippen LogP contribution is -2.23. The highest BCUT2D eigenvalue weighted by Crippen LogP contribution is 2.26. The van der Waals surface area contributed by atoms with Crippen molar-refractivity contribution in [3.8, 4) is 6.07 Å². The number of allylic oxidation sites excluding steroid dienone is 2. The van der Waals surface area contributed by atoms with Crippen LogP contribution in [0, 0.1) is 11.3 Å². The average Bonchev–Trinajstić information content (AvgIpc) is 2.66. The van der Waals surface area contributed by atoms with Crippen LogP contribution in [0.1, 0.15) is 32.6 Å². The molecule has 1 saturated heterocycles. The number of carbonyl (C=O) groups is 1. The molecule has 2 atom stereocenters. The van der Waals surface area contributed by atoms with E-state index in [1.165, 1.54) is 6.92 Å². The molecule has 0 radical (unpaired) electrons. The lowest BCUT2D eigenvalue weighted by molar-refractivity contribution is -0.311. The largest absolute Gasteiger partial charge is 0.303 e. The zero-order chi connectivity index (χ0) is 11.9. The predicted molar refractivity (Wildman–Crippen MR) is 54.7 cm³/mol. The molecule has 0 saturated carbocycles. The van der Waals surface area contributed by atoms with E-state index in [4.69, 9.17) is 19.8 Å². The molecule has 0 aromatic carbocycles. The van der Waals surface area contributed by atoms with Crippen LogP contribution in [-0.4, -0.2) is 18.4 Å². The third-order valence-corrected chi connectivity index (χ3v) is 2.06. The summed E-state index contributed by atoms with van der Waals surface area (Å²) in [5, 5.41) is 8.68. The Kier molecular flexibility index (Phi) is 5.12. The van der Waals surface area contributed by atoms with Crippen LogP contribution in [0.15, 0.2) is 12.2 Å². The van der Waals surface area contributed by atoms with E-state index in [1.54, 1.807) is 0 Å². The van der Waals surface area contributed by atoms with Gasteiger partial charge in [0.25, 0.3) is 5.79 Å². The van der Waals surface area contributed by atoms with Crippen LogP contribution < -0.4 is 0 Å². The molecule has 1 heterocycles. The first-order valence-electron chi connectivity index (χ1n) is 5.22. The number of aldehydes is 1. The third kappa shape index (κ3) is 4.11. The summed E-state index contributed by atoms with van der Waals surface area (Å²) in [6, 6.07) is 1.86. The van der Waals surface area contributed by atoms with Crippen LogP contribution in [0.4, 0.5) is 0 Å². The van der Waals surface area contributed by atoms with Crippen LogP contribution in [0.3, 0.4) is 0 Å². The van der Waals surface area contributed by atoms with Gasteiger partial charge in [0, 0.05) is 19.8 Å². The average molecular weight is 225 g/mol. The van der Waals surface area contributed by atoms with E-state index in [1.807, 2.05) is 18.2 Å². The number of nitriles is 1. The molecule has 0 spiro atoms. The van der Waals surface area contributed by atoms with Crippen molar-refractivity contribution in [1.82, 2.24) is 0 Å². The first kappa shape index (κ1) is 12.8. The molecule has 1 aliphatic heterocycles. The Labute approximate surface area is 94.5 Å². The van der Waals surface area contributed by atoms with Gasteiger partial charge < -0.3 is 9.53 Å². The highest BCUT2D eigenvalue weighted by Gasteiger charge is 2.39. The Morgan fingerprint density at radius 2 is 2.12 bits per heavy atom. The highest BCUT2D eigenvalue weighted by atomic mass is 17.3. The monoisotopic (exact) mass is 225 g/mol. The minimum Gasteiger partial charge on any atom is -0.303 e. The van der Waals surface area contributed by atoms with E-state index in [0.29, 0.717) is 12.8 Å². The predicted octanol–water partition coefficient (Wildman–Crippen LogP) is 1.85. The zero-order valence-corrected chi connectivity index (χ0v) is 9.22. The Balaban J connectivity index is 2.14. The summed E-state index contributed by atoms with van der Waals surface area (Å²) in [4.78, 5) is 19.6. The second-order valence-corrected chi connectivity index (χ2v) is 3.58. The lowest BCUT2D eigenvalue weighted by atomic mass is 10.2. The van der Waals surface area contributed by atoms with Crippen LogP contribution in [0.25, 0.3) is 0 Å². The Bertz CT molecular complexity index is 297. The summed E-state index contributed by atoms with van der Waals surface area (Å²) >= 11 is 0. The zero-order valence-electron chi connectivity index (χ0n) is 9.22. The van der Waals surface area contributed by atoms with Gasteiger partial charge in [-0.15, -0.1) is 0 Å². The fourth-order valence-corrected chi connectivity index (χ4v) is 1.22. The molecule has 1 fully saturated rings. The number of carbonyl (C=O) groups excluding carboxylic acids is 1. The quantitative estimate of drug-likeness (QED) is 0.298. The second kappa shape index (κ2) is 6.38. The van der Waals surface area contributed by atoms with E-state index in [9.17, 15) is 4.79 Å². The van der Waals surface area contributed by atoms with Crippen molar-refractivity contribution < 1.29 is 19.3 Å². The van der Waals surface area contributed by atoms with Crippen LogP contribution in [0.5, 0.6) is 0 Å². The van der Waals surface area contributed by atoms with Crippen LogP contribution >= 0.6 is 0 Å². The fraction of sp³-hybridized carbons (Fsp3) is 0.636. The number of ether oxygens (including phenoxy) is 1. The van der Waals surface area contributed by atoms with Gasteiger partial charge in [-0.25, -0.2) is 4.89 Å². The number of rotatable bonds is 6. The van der Waals surface area contributed by atoms with Gasteiger partial charge in [0.1, 0.15) is 12.4 Å². The van der Waals surface area contributed by atoms with E-state index >= 15 is 0 Å². The van der Waals surface area contributed by atoms with Crippen LogP contribution in [0.2, 0.25) is 0 Å². The molecule has 16 heavy (non-hydrogen) atoms. The molecule has 5 heteroatoms. The van der Waals surface area contributed by atoms with E-state index < -0.39 is 12.1 Å². The van der Waals surface area contributed by atoms with E-state index in [2.05, 4.69) is 0 Å². The van der Waals surface area contributed by atoms with Gasteiger partial charge >= 0.3 is 0 Å². The molecular weight excluding hydrogens is 210 g/mol. The summed E-state index contributed by atoms with van der Waals surface area (Å²) in [5.74, 6) is -1.29. The van der Waals surface area contributed by atoms with Crippen molar-refractivity contribution in [2.24, 2.45) is 0 Å². The molecule has 0 N–H and O–H groups in total. The molecule has 88 valence electrons. The SMILES string of the molecule is CC1(C#N)OOC(CC/C=C\CCC=O)O1. The molecule has 0 aliphatic carbocycles. The van der Waals surface area contributed by atoms with Gasteiger partial charge in [-0.3, -0.25) is 0 Å². The molecule has 0 bridgehead atoms. The number of hydrogen-bond donors (Lipinski definition) is 0. The van der Waals surface area contributed by atoms with Crippen LogP contribution in [-0.2, 0) is 19.3 Å². The lowest BCUT2D eigenvalue weighted by Gasteiger charge is -2.08. The summed E-state index contributed by atoms with van der Waals surface area (Å²) < 4.78 is 5.23. The fourth-order valence-electron chi connectivity index (χ4n) is 1.22. The van der Waals surface area contributed by atoms with Crippen molar-refractivity contribution in [1.29, 1.82) is 5.26 Å². The Morgan fingerprint density at radius 3 is 2.75 bits per heavy atom. The van der Waals surface area contributed by atoms with Gasteiger partial charge in [0.15, 0.2) is 6.29 Å². The minimum atomic E-state index is -1.29. The Hall–Kier alpha value is -1.22. The van der Waals surface area contributed by atoms with Gasteiger partial charge in [0.05, 0.1) is 0 Å². The molecule has 0 aromatic heterocycles. The topological polar surface area (TPSA) is 68.5 Å². The number of unbranched alkanes of at least 4 members (excludes halogenated alkanes) is 1.